The molecule has 5 heteroatoms. The summed E-state index contributed by atoms with van der Waals surface area (Å²) in [6.07, 6.45) is 2.15. The molecule has 1 aliphatic rings. The third-order valence-corrected chi connectivity index (χ3v) is 5.24. The van der Waals surface area contributed by atoms with Crippen molar-refractivity contribution in [2.24, 2.45) is 0 Å². The highest BCUT2D eigenvalue weighted by Gasteiger charge is 2.23. The Balaban J connectivity index is 0.00000166. The lowest BCUT2D eigenvalue weighted by atomic mass is 10.1. The molecule has 0 aliphatic carbocycles. The molecule has 0 spiro atoms. The molecular formula is C26H36N2O3. The molecule has 0 aromatic heterocycles. The number of anilines is 2. The highest BCUT2D eigenvalue weighted by molar-refractivity contribution is 6.07. The van der Waals surface area contributed by atoms with E-state index in [1.54, 1.807) is 18.1 Å². The third-order valence-electron chi connectivity index (χ3n) is 5.24. The number of carbonyl (C=O) groups excluding carboxylic acids is 1. The Morgan fingerprint density at radius 1 is 1.16 bits per heavy atom. The summed E-state index contributed by atoms with van der Waals surface area (Å²) in [4.78, 5) is 17.4. The van der Waals surface area contributed by atoms with Crippen LogP contribution >= 0.6 is 0 Å². The first-order valence-corrected chi connectivity index (χ1v) is 11.0. The molecule has 3 rings (SSSR count). The number of rotatable bonds is 6. The van der Waals surface area contributed by atoms with Gasteiger partial charge in [-0.2, -0.15) is 0 Å². The van der Waals surface area contributed by atoms with E-state index < -0.39 is 0 Å². The van der Waals surface area contributed by atoms with Crippen LogP contribution in [0.4, 0.5) is 11.4 Å². The summed E-state index contributed by atoms with van der Waals surface area (Å²) >= 11 is 0. The number of carbonyl (C=O) groups is 1. The average molecular weight is 425 g/mol. The largest absolute Gasteiger partial charge is 0.496 e. The smallest absolute Gasteiger partial charge is 0.258 e. The molecule has 0 saturated carbocycles. The lowest BCUT2D eigenvalue weighted by molar-refractivity contribution is -0.00521. The first kappa shape index (κ1) is 24.5. The minimum atomic E-state index is -0.0670. The molecule has 168 valence electrons. The zero-order valence-electron chi connectivity index (χ0n) is 19.7. The number of ether oxygens (including phenoxy) is 2. The fraction of sp³-hybridized carbons (Fsp3) is 0.423. The summed E-state index contributed by atoms with van der Waals surface area (Å²) in [5, 5.41) is 0. The van der Waals surface area contributed by atoms with Gasteiger partial charge in [0.25, 0.3) is 5.91 Å². The Bertz CT molecular complexity index is 853. The molecule has 2 atom stereocenters. The predicted octanol–water partition coefficient (Wildman–Crippen LogP) is 5.48. The van der Waals surface area contributed by atoms with E-state index in [9.17, 15) is 4.79 Å². The van der Waals surface area contributed by atoms with Gasteiger partial charge < -0.3 is 19.3 Å². The number of morpholine rings is 1. The number of benzene rings is 2. The molecule has 31 heavy (non-hydrogen) atoms. The van der Waals surface area contributed by atoms with Gasteiger partial charge in [0.15, 0.2) is 0 Å². The molecule has 1 heterocycles. The van der Waals surface area contributed by atoms with Crippen LogP contribution in [0.3, 0.4) is 0 Å². The number of methoxy groups -OCH3 is 1. The number of hydrogen-bond acceptors (Lipinski definition) is 4. The van der Waals surface area contributed by atoms with E-state index in [1.165, 1.54) is 0 Å². The molecule has 1 fully saturated rings. The molecule has 2 aromatic rings. The van der Waals surface area contributed by atoms with Crippen molar-refractivity contribution in [3.63, 3.8) is 0 Å². The first-order chi connectivity index (χ1) is 14.9. The number of nitrogens with zero attached hydrogens (tertiary/aromatic N) is 2. The summed E-state index contributed by atoms with van der Waals surface area (Å²) < 4.78 is 11.2. The van der Waals surface area contributed by atoms with E-state index in [1.807, 2.05) is 51.1 Å². The van der Waals surface area contributed by atoms with Crippen molar-refractivity contribution in [2.75, 3.05) is 36.5 Å². The quantitative estimate of drug-likeness (QED) is 0.576. The van der Waals surface area contributed by atoms with Gasteiger partial charge in [0.2, 0.25) is 0 Å². The Morgan fingerprint density at radius 3 is 2.32 bits per heavy atom. The SMILES string of the molecule is C=CCN(C(=O)c1cccc(OC)c1C)c1ccc(N2C[C@@H](C)O[C@@H](C)C2)cc1.CC. The normalized spacial score (nSPS) is 17.9. The standard InChI is InChI=1S/C24H30N2O3.C2H6/c1-6-14-26(24(27)22-8-7-9-23(28-5)19(22)4)21-12-10-20(11-13-21)25-15-17(2)29-18(3)16-25;1-2/h6-13,17-18H,1,14-16H2,2-5H3;1-2H3/t17-,18+;. The second-order valence-electron chi connectivity index (χ2n) is 7.52. The summed E-state index contributed by atoms with van der Waals surface area (Å²) in [6.45, 7) is 16.1. The van der Waals surface area contributed by atoms with Gasteiger partial charge >= 0.3 is 0 Å². The molecule has 5 nitrogen and oxygen atoms in total. The lowest BCUT2D eigenvalue weighted by Crippen LogP contribution is -2.45. The zero-order valence-corrected chi connectivity index (χ0v) is 19.7. The maximum absolute atomic E-state index is 13.3. The van der Waals surface area contributed by atoms with E-state index in [-0.39, 0.29) is 18.1 Å². The van der Waals surface area contributed by atoms with Crippen LogP contribution in [0.25, 0.3) is 0 Å². The van der Waals surface area contributed by atoms with Gasteiger partial charge in [-0.25, -0.2) is 0 Å². The molecule has 1 aliphatic heterocycles. The number of hydrogen-bond donors (Lipinski definition) is 0. The maximum atomic E-state index is 13.3. The van der Waals surface area contributed by atoms with Gasteiger partial charge in [0, 0.05) is 42.1 Å². The topological polar surface area (TPSA) is 42.0 Å². The summed E-state index contributed by atoms with van der Waals surface area (Å²) in [7, 11) is 1.62. The third kappa shape index (κ3) is 5.88. The van der Waals surface area contributed by atoms with Gasteiger partial charge in [0.05, 0.1) is 19.3 Å². The maximum Gasteiger partial charge on any atom is 0.258 e. The van der Waals surface area contributed by atoms with E-state index in [0.29, 0.717) is 17.9 Å². The fourth-order valence-electron chi connectivity index (χ4n) is 3.88. The molecular weight excluding hydrogens is 388 g/mol. The van der Waals surface area contributed by atoms with Crippen molar-refractivity contribution < 1.29 is 14.3 Å². The van der Waals surface area contributed by atoms with Crippen LogP contribution < -0.4 is 14.5 Å². The van der Waals surface area contributed by atoms with Crippen molar-refractivity contribution in [3.8, 4) is 5.75 Å². The zero-order chi connectivity index (χ0) is 23.0. The number of amides is 1. The summed E-state index contributed by atoms with van der Waals surface area (Å²) in [5.74, 6) is 0.642. The second-order valence-corrected chi connectivity index (χ2v) is 7.52. The van der Waals surface area contributed by atoms with Crippen molar-refractivity contribution in [2.45, 2.75) is 46.8 Å². The van der Waals surface area contributed by atoms with Gasteiger partial charge in [-0.1, -0.05) is 26.0 Å². The summed E-state index contributed by atoms with van der Waals surface area (Å²) in [6, 6.07) is 13.7. The molecule has 0 unspecified atom stereocenters. The lowest BCUT2D eigenvalue weighted by Gasteiger charge is -2.37. The fourth-order valence-corrected chi connectivity index (χ4v) is 3.88. The average Bonchev–Trinajstić information content (AvgIpc) is 2.78. The van der Waals surface area contributed by atoms with Crippen molar-refractivity contribution in [3.05, 3.63) is 66.2 Å². The molecule has 1 amide bonds. The highest BCUT2D eigenvalue weighted by atomic mass is 16.5. The van der Waals surface area contributed by atoms with Crippen molar-refractivity contribution in [1.82, 2.24) is 0 Å². The first-order valence-electron chi connectivity index (χ1n) is 11.0. The van der Waals surface area contributed by atoms with Crippen LogP contribution in [-0.2, 0) is 4.74 Å². The van der Waals surface area contributed by atoms with Crippen LogP contribution in [0.15, 0.2) is 55.1 Å². The van der Waals surface area contributed by atoms with E-state index >= 15 is 0 Å². The Hall–Kier alpha value is -2.79. The van der Waals surface area contributed by atoms with Crippen LogP contribution in [-0.4, -0.2) is 44.9 Å². The van der Waals surface area contributed by atoms with Gasteiger partial charge in [-0.15, -0.1) is 6.58 Å². The summed E-state index contributed by atoms with van der Waals surface area (Å²) in [5.41, 5.74) is 3.45. The Kier molecular flexibility index (Phi) is 9.13. The van der Waals surface area contributed by atoms with Crippen LogP contribution in [0.2, 0.25) is 0 Å². The minimum absolute atomic E-state index is 0.0670. The molecule has 2 aromatic carbocycles. The van der Waals surface area contributed by atoms with E-state index in [2.05, 4.69) is 37.5 Å². The van der Waals surface area contributed by atoms with E-state index in [0.717, 1.165) is 30.0 Å². The van der Waals surface area contributed by atoms with Crippen LogP contribution in [0.1, 0.15) is 43.6 Å². The van der Waals surface area contributed by atoms with E-state index in [4.69, 9.17) is 9.47 Å². The Morgan fingerprint density at radius 2 is 1.77 bits per heavy atom. The highest BCUT2D eigenvalue weighted by Crippen LogP contribution is 2.27. The monoisotopic (exact) mass is 424 g/mol. The van der Waals surface area contributed by atoms with Crippen molar-refractivity contribution in [1.29, 1.82) is 0 Å². The van der Waals surface area contributed by atoms with Crippen LogP contribution in [0, 0.1) is 6.92 Å². The Labute approximate surface area is 187 Å². The van der Waals surface area contributed by atoms with Crippen molar-refractivity contribution >= 4 is 17.3 Å². The minimum Gasteiger partial charge on any atom is -0.496 e. The predicted molar refractivity (Wildman–Crippen MR) is 130 cm³/mol. The van der Waals surface area contributed by atoms with Gasteiger partial charge in [-0.05, 0) is 57.2 Å². The molecule has 0 bridgehead atoms. The van der Waals surface area contributed by atoms with Gasteiger partial charge in [-0.3, -0.25) is 4.79 Å². The second kappa shape index (κ2) is 11.6. The molecule has 1 saturated heterocycles. The molecule has 0 N–H and O–H groups in total. The van der Waals surface area contributed by atoms with Crippen LogP contribution in [0.5, 0.6) is 5.75 Å². The van der Waals surface area contributed by atoms with Gasteiger partial charge in [0.1, 0.15) is 5.75 Å². The molecule has 0 radical (unpaired) electrons.